The second-order valence-corrected chi connectivity index (χ2v) is 30.9. The number of rotatable bonds is 30. The molecule has 3 aliphatic heterocycles. The van der Waals surface area contributed by atoms with Crippen molar-refractivity contribution in [2.75, 3.05) is 13.2 Å². The Morgan fingerprint density at radius 1 is 0.474 bits per heavy atom. The van der Waals surface area contributed by atoms with E-state index in [0.29, 0.717) is 52.7 Å². The van der Waals surface area contributed by atoms with Gasteiger partial charge in [0.15, 0.2) is 0 Å². The van der Waals surface area contributed by atoms with Crippen molar-refractivity contribution in [2.24, 2.45) is 0 Å². The SMILES string of the molecule is CCC[CH2][Sn]1([CH2]CCC)[O][C@@H]([C@@H](OCc2ccccc2)[C@H](OCc2ccccc2)[C@H]2COC(C)(C)O2)[C@@H](C[C@@H]2O[C@H](COCc3ccccc3)[C@@H](OCc3ccccc3)[C@H](OCc3ccccc3)[C@H]2OCc2ccccc2)[O]1. The molecule has 0 radical (unpaired) electrons. The molecule has 416 valence electrons. The van der Waals surface area contributed by atoms with E-state index >= 15 is 0 Å². The van der Waals surface area contributed by atoms with Gasteiger partial charge in [-0.1, -0.05) is 12.1 Å². The van der Waals surface area contributed by atoms with Crippen molar-refractivity contribution < 1.29 is 48.8 Å². The molecule has 9 rings (SSSR count). The van der Waals surface area contributed by atoms with Crippen LogP contribution in [0.1, 0.15) is 93.2 Å². The van der Waals surface area contributed by atoms with Gasteiger partial charge in [-0.2, -0.15) is 0 Å². The summed E-state index contributed by atoms with van der Waals surface area (Å²) in [5, 5.41) is 0. The predicted molar refractivity (Wildman–Crippen MR) is 304 cm³/mol. The quantitative estimate of drug-likeness (QED) is 0.0403. The molecule has 3 saturated heterocycles. The van der Waals surface area contributed by atoms with E-state index in [4.69, 9.17) is 48.8 Å². The minimum atomic E-state index is -3.99. The van der Waals surface area contributed by atoms with Gasteiger partial charge in [0.05, 0.1) is 0 Å². The van der Waals surface area contributed by atoms with Crippen LogP contribution in [0.2, 0.25) is 8.87 Å². The third kappa shape index (κ3) is 16.9. The first-order valence-electron chi connectivity index (χ1n) is 28.5. The average Bonchev–Trinajstić information content (AvgIpc) is 4.05. The zero-order valence-electron chi connectivity index (χ0n) is 46.2. The van der Waals surface area contributed by atoms with E-state index in [-0.39, 0.29) is 6.61 Å². The van der Waals surface area contributed by atoms with Crippen LogP contribution in [-0.4, -0.2) is 99.2 Å². The van der Waals surface area contributed by atoms with Crippen LogP contribution >= 0.6 is 0 Å². The summed E-state index contributed by atoms with van der Waals surface area (Å²) in [6.07, 6.45) is -1.23. The van der Waals surface area contributed by atoms with Crippen LogP contribution in [-0.2, 0) is 88.4 Å². The molecular weight excluding hydrogens is 1090 g/mol. The Labute approximate surface area is 469 Å². The van der Waals surface area contributed by atoms with Crippen molar-refractivity contribution >= 4 is 19.2 Å². The Balaban J connectivity index is 1.14. The van der Waals surface area contributed by atoms with Gasteiger partial charge in [-0.05, 0) is 0 Å². The molecule has 10 atom stereocenters. The van der Waals surface area contributed by atoms with Crippen molar-refractivity contribution in [1.82, 2.24) is 0 Å². The van der Waals surface area contributed by atoms with Crippen molar-refractivity contribution in [3.8, 4) is 0 Å². The van der Waals surface area contributed by atoms with E-state index in [1.807, 2.05) is 123 Å². The molecule has 6 aromatic rings. The molecule has 78 heavy (non-hydrogen) atoms. The molecule has 3 heterocycles. The molecule has 0 spiro atoms. The Morgan fingerprint density at radius 2 is 0.885 bits per heavy atom. The number of unbranched alkanes of at least 4 members (excludes halogenated alkanes) is 2. The summed E-state index contributed by atoms with van der Waals surface area (Å²) in [6, 6.07) is 61.7. The zero-order chi connectivity index (χ0) is 53.8. The summed E-state index contributed by atoms with van der Waals surface area (Å²) in [7, 11) is 0. The number of hydrogen-bond donors (Lipinski definition) is 0. The van der Waals surface area contributed by atoms with Crippen molar-refractivity contribution in [2.45, 2.75) is 175 Å². The van der Waals surface area contributed by atoms with Crippen LogP contribution in [0.3, 0.4) is 0 Å². The molecule has 0 bridgehead atoms. The number of benzene rings is 6. The van der Waals surface area contributed by atoms with Crippen LogP contribution in [0, 0.1) is 0 Å². The molecule has 0 aromatic heterocycles. The van der Waals surface area contributed by atoms with Gasteiger partial charge in [0, 0.05) is 0 Å². The maximum atomic E-state index is 7.86. The molecule has 3 fully saturated rings. The van der Waals surface area contributed by atoms with Gasteiger partial charge in [-0.15, -0.1) is 0 Å². The summed E-state index contributed by atoms with van der Waals surface area (Å²) in [5.41, 5.74) is 6.28. The first kappa shape index (κ1) is 58.3. The molecule has 3 aliphatic rings. The first-order chi connectivity index (χ1) is 38.3. The van der Waals surface area contributed by atoms with Crippen LogP contribution in [0.4, 0.5) is 0 Å². The second-order valence-electron chi connectivity index (χ2n) is 21.5. The van der Waals surface area contributed by atoms with Crippen molar-refractivity contribution in [1.29, 1.82) is 0 Å². The molecule has 0 unspecified atom stereocenters. The van der Waals surface area contributed by atoms with Crippen molar-refractivity contribution in [3.63, 3.8) is 0 Å². The first-order valence-corrected chi connectivity index (χ1v) is 34.9. The normalized spacial score (nSPS) is 24.5. The fourth-order valence-electron chi connectivity index (χ4n) is 10.9. The predicted octanol–water partition coefficient (Wildman–Crippen LogP) is 13.3. The monoisotopic (exact) mass is 1170 g/mol. The van der Waals surface area contributed by atoms with Gasteiger partial charge in [-0.3, -0.25) is 0 Å². The van der Waals surface area contributed by atoms with E-state index in [1.54, 1.807) is 0 Å². The van der Waals surface area contributed by atoms with Gasteiger partial charge in [0.1, 0.15) is 0 Å². The molecule has 6 aromatic carbocycles. The third-order valence-electron chi connectivity index (χ3n) is 15.0. The topological polar surface area (TPSA) is 102 Å². The number of ether oxygens (including phenoxy) is 9. The summed E-state index contributed by atoms with van der Waals surface area (Å²) in [5.74, 6) is -0.828. The van der Waals surface area contributed by atoms with E-state index in [2.05, 4.69) is 86.6 Å². The fourth-order valence-corrected chi connectivity index (χ4v) is 22.7. The Hall–Kier alpha value is -4.32. The van der Waals surface area contributed by atoms with E-state index in [0.717, 1.165) is 67.9 Å². The molecule has 0 aliphatic carbocycles. The van der Waals surface area contributed by atoms with E-state index in [9.17, 15) is 0 Å². The standard InChI is InChI=1S/C58H64O11.2C4H9.Sn/c1-58(2)67-41-51(69-58)55(64-37-45-27-15-6-16-28-45)56(65-38-46-29-17-7-18-30-46)52(60)48(59)33-49-53(62-35-43-23-11-4-12-24-43)57(66-39-47-31-19-8-20-32-47)54(63-36-44-25-13-5-14-26-44)50(68-49)40-61-34-42-21-9-3-10-22-42;2*1-3-4-2;/h3-32,48-57H,33-41H2,1-2H3;2*1,3-4H2,2H3;/q-2;;;+2/t48-,49+,50-,51-,52-,53+,54-,55-,56-,57-;;;/m1.../s1. The second kappa shape index (κ2) is 29.9. The molecule has 0 saturated carbocycles. The Kier molecular flexibility index (Phi) is 22.4. The fraction of sp³-hybridized carbons (Fsp3) is 0.455. The third-order valence-corrected chi connectivity index (χ3v) is 25.4. The minimum absolute atomic E-state index is 0.246. The van der Waals surface area contributed by atoms with Crippen LogP contribution in [0.15, 0.2) is 182 Å². The van der Waals surface area contributed by atoms with Gasteiger partial charge >= 0.3 is 460 Å². The Bertz CT molecular complexity index is 2570. The van der Waals surface area contributed by atoms with E-state index in [1.165, 1.54) is 0 Å². The molecule has 12 heteroatoms. The summed E-state index contributed by atoms with van der Waals surface area (Å²) >= 11 is -3.99. The summed E-state index contributed by atoms with van der Waals surface area (Å²) < 4.78 is 81.0. The molecule has 0 N–H and O–H groups in total. The van der Waals surface area contributed by atoms with Gasteiger partial charge in [-0.25, -0.2) is 0 Å². The molecular formula is C66H82O11Sn. The maximum absolute atomic E-state index is 7.86. The van der Waals surface area contributed by atoms with Gasteiger partial charge in [0.2, 0.25) is 0 Å². The number of hydrogen-bond acceptors (Lipinski definition) is 11. The summed E-state index contributed by atoms with van der Waals surface area (Å²) in [6.45, 7) is 11.1. The zero-order valence-corrected chi connectivity index (χ0v) is 49.0. The van der Waals surface area contributed by atoms with Gasteiger partial charge < -0.3 is 0 Å². The average molecular weight is 1170 g/mol. The van der Waals surface area contributed by atoms with Crippen molar-refractivity contribution in [3.05, 3.63) is 215 Å². The molecule has 0 amide bonds. The van der Waals surface area contributed by atoms with Crippen LogP contribution in [0.5, 0.6) is 0 Å². The van der Waals surface area contributed by atoms with Crippen LogP contribution < -0.4 is 0 Å². The summed E-state index contributed by atoms with van der Waals surface area (Å²) in [4.78, 5) is 0. The van der Waals surface area contributed by atoms with Crippen LogP contribution in [0.25, 0.3) is 0 Å². The van der Waals surface area contributed by atoms with Gasteiger partial charge in [0.25, 0.3) is 0 Å². The molecule has 11 nitrogen and oxygen atoms in total. The van der Waals surface area contributed by atoms with E-state index < -0.39 is 86.0 Å². The Morgan fingerprint density at radius 3 is 1.32 bits per heavy atom.